The SMILES string of the molecule is Sc1cccc(ON(CCc2c[nH]c3ccccc23)Cc2ccccc2)c1. The highest BCUT2D eigenvalue weighted by molar-refractivity contribution is 7.80. The number of hydrogen-bond donors (Lipinski definition) is 2. The Bertz CT molecular complexity index is 1010. The molecule has 1 N–H and O–H groups in total. The van der Waals surface area contributed by atoms with Crippen molar-refractivity contribution in [2.45, 2.75) is 17.9 Å². The van der Waals surface area contributed by atoms with Gasteiger partial charge in [0.2, 0.25) is 0 Å². The molecule has 4 aromatic rings. The number of hydroxylamine groups is 2. The molecule has 3 nitrogen and oxygen atoms in total. The Balaban J connectivity index is 1.51. The minimum atomic E-state index is 0.722. The lowest BCUT2D eigenvalue weighted by Gasteiger charge is -2.23. The van der Waals surface area contributed by atoms with Crippen LogP contribution >= 0.6 is 12.6 Å². The summed E-state index contributed by atoms with van der Waals surface area (Å²) in [6.07, 6.45) is 3.00. The summed E-state index contributed by atoms with van der Waals surface area (Å²) in [6, 6.07) is 26.6. The van der Waals surface area contributed by atoms with Crippen LogP contribution in [0.4, 0.5) is 0 Å². The van der Waals surface area contributed by atoms with Crippen LogP contribution in [0, 0.1) is 0 Å². The minimum Gasteiger partial charge on any atom is -0.406 e. The van der Waals surface area contributed by atoms with Crippen molar-refractivity contribution in [1.82, 2.24) is 10.0 Å². The van der Waals surface area contributed by atoms with E-state index in [2.05, 4.69) is 72.3 Å². The van der Waals surface area contributed by atoms with Crippen LogP contribution in [-0.4, -0.2) is 16.6 Å². The number of benzene rings is 3. The van der Waals surface area contributed by atoms with Crippen molar-refractivity contribution in [3.8, 4) is 5.75 Å². The van der Waals surface area contributed by atoms with Crippen LogP contribution < -0.4 is 4.84 Å². The lowest BCUT2D eigenvalue weighted by molar-refractivity contribution is -0.0662. The molecular formula is C23H22N2OS. The lowest BCUT2D eigenvalue weighted by atomic mass is 10.1. The number of aromatic nitrogens is 1. The van der Waals surface area contributed by atoms with Crippen LogP contribution in [0.5, 0.6) is 5.75 Å². The molecule has 0 radical (unpaired) electrons. The second kappa shape index (κ2) is 8.33. The van der Waals surface area contributed by atoms with E-state index in [1.807, 2.05) is 35.4 Å². The first-order valence-electron chi connectivity index (χ1n) is 9.09. The van der Waals surface area contributed by atoms with Crippen LogP contribution in [0.2, 0.25) is 0 Å². The maximum absolute atomic E-state index is 6.18. The quantitative estimate of drug-likeness (QED) is 0.330. The molecule has 0 amide bonds. The van der Waals surface area contributed by atoms with Gasteiger partial charge in [0.15, 0.2) is 0 Å². The number of H-pyrrole nitrogens is 1. The molecule has 0 atom stereocenters. The van der Waals surface area contributed by atoms with E-state index in [1.54, 1.807) is 0 Å². The number of thiol groups is 1. The summed E-state index contributed by atoms with van der Waals surface area (Å²) >= 11 is 4.41. The molecule has 4 rings (SSSR count). The summed E-state index contributed by atoms with van der Waals surface area (Å²) in [6.45, 7) is 1.51. The molecule has 3 aromatic carbocycles. The summed E-state index contributed by atoms with van der Waals surface area (Å²) < 4.78 is 0. The fourth-order valence-corrected chi connectivity index (χ4v) is 3.43. The molecule has 1 heterocycles. The van der Waals surface area contributed by atoms with Crippen LogP contribution in [0.25, 0.3) is 10.9 Å². The fourth-order valence-electron chi connectivity index (χ4n) is 3.22. The molecule has 0 aliphatic heterocycles. The third-order valence-corrected chi connectivity index (χ3v) is 4.84. The number of nitrogens with zero attached hydrogens (tertiary/aromatic N) is 1. The first-order valence-corrected chi connectivity index (χ1v) is 9.53. The number of nitrogens with one attached hydrogen (secondary N) is 1. The van der Waals surface area contributed by atoms with E-state index < -0.39 is 0 Å². The van der Waals surface area contributed by atoms with E-state index in [-0.39, 0.29) is 0 Å². The number of hydrogen-bond acceptors (Lipinski definition) is 3. The standard InChI is InChI=1S/C23H22N2OS/c27-21-10-6-9-20(15-21)26-25(17-18-7-2-1-3-8-18)14-13-19-16-24-23-12-5-4-11-22(19)23/h1-12,15-16,24,27H,13-14,17H2. The van der Waals surface area contributed by atoms with Crippen molar-refractivity contribution < 1.29 is 4.84 Å². The van der Waals surface area contributed by atoms with Gasteiger partial charge in [0, 0.05) is 28.5 Å². The van der Waals surface area contributed by atoms with Crippen molar-refractivity contribution in [2.75, 3.05) is 6.54 Å². The second-order valence-electron chi connectivity index (χ2n) is 6.55. The molecule has 0 saturated heterocycles. The van der Waals surface area contributed by atoms with Gasteiger partial charge < -0.3 is 9.82 Å². The molecule has 0 aliphatic rings. The Labute approximate surface area is 165 Å². The van der Waals surface area contributed by atoms with Crippen molar-refractivity contribution in [3.05, 3.63) is 96.2 Å². The average Bonchev–Trinajstić information content (AvgIpc) is 3.10. The van der Waals surface area contributed by atoms with E-state index in [1.165, 1.54) is 22.0 Å². The number of para-hydroxylation sites is 1. The van der Waals surface area contributed by atoms with Gasteiger partial charge in [0.25, 0.3) is 0 Å². The topological polar surface area (TPSA) is 28.3 Å². The molecule has 0 bridgehead atoms. The van der Waals surface area contributed by atoms with Gasteiger partial charge in [-0.3, -0.25) is 0 Å². The Morgan fingerprint density at radius 2 is 1.70 bits per heavy atom. The number of fused-ring (bicyclic) bond motifs is 1. The molecule has 27 heavy (non-hydrogen) atoms. The minimum absolute atomic E-state index is 0.722. The van der Waals surface area contributed by atoms with Crippen LogP contribution in [-0.2, 0) is 13.0 Å². The summed E-state index contributed by atoms with van der Waals surface area (Å²) in [7, 11) is 0. The molecular weight excluding hydrogens is 352 g/mol. The Morgan fingerprint density at radius 1 is 0.889 bits per heavy atom. The van der Waals surface area contributed by atoms with Gasteiger partial charge in [0.05, 0.1) is 6.54 Å². The van der Waals surface area contributed by atoms with Gasteiger partial charge in [-0.1, -0.05) is 54.6 Å². The van der Waals surface area contributed by atoms with Crippen molar-refractivity contribution in [3.63, 3.8) is 0 Å². The lowest BCUT2D eigenvalue weighted by Crippen LogP contribution is -2.29. The molecule has 0 saturated carbocycles. The Kier molecular flexibility index (Phi) is 5.47. The van der Waals surface area contributed by atoms with E-state index >= 15 is 0 Å². The monoisotopic (exact) mass is 374 g/mol. The van der Waals surface area contributed by atoms with Crippen LogP contribution in [0.3, 0.4) is 0 Å². The van der Waals surface area contributed by atoms with Crippen molar-refractivity contribution in [1.29, 1.82) is 0 Å². The molecule has 1 aromatic heterocycles. The third-order valence-electron chi connectivity index (χ3n) is 4.56. The maximum Gasteiger partial charge on any atom is 0.148 e. The summed E-state index contributed by atoms with van der Waals surface area (Å²) in [5, 5.41) is 3.29. The average molecular weight is 375 g/mol. The van der Waals surface area contributed by atoms with Gasteiger partial charge in [0.1, 0.15) is 5.75 Å². The summed E-state index contributed by atoms with van der Waals surface area (Å²) in [4.78, 5) is 10.4. The predicted molar refractivity (Wildman–Crippen MR) is 113 cm³/mol. The Morgan fingerprint density at radius 3 is 2.56 bits per heavy atom. The first kappa shape index (κ1) is 17.7. The highest BCUT2D eigenvalue weighted by Gasteiger charge is 2.11. The first-order chi connectivity index (χ1) is 13.3. The highest BCUT2D eigenvalue weighted by atomic mass is 32.1. The van der Waals surface area contributed by atoms with Gasteiger partial charge >= 0.3 is 0 Å². The molecule has 0 spiro atoms. The van der Waals surface area contributed by atoms with Crippen molar-refractivity contribution in [2.24, 2.45) is 0 Å². The second-order valence-corrected chi connectivity index (χ2v) is 7.06. The molecule has 0 unspecified atom stereocenters. The molecule has 4 heteroatoms. The van der Waals surface area contributed by atoms with Crippen LogP contribution in [0.1, 0.15) is 11.1 Å². The molecule has 0 fully saturated rings. The van der Waals surface area contributed by atoms with Gasteiger partial charge in [-0.15, -0.1) is 17.7 Å². The number of aromatic amines is 1. The Hall–Kier alpha value is -2.69. The zero-order chi connectivity index (χ0) is 18.5. The normalized spacial score (nSPS) is 11.2. The molecule has 0 aliphatic carbocycles. The third kappa shape index (κ3) is 4.54. The van der Waals surface area contributed by atoms with Gasteiger partial charge in [-0.2, -0.15) is 0 Å². The maximum atomic E-state index is 6.18. The van der Waals surface area contributed by atoms with Gasteiger partial charge in [-0.05, 0) is 41.8 Å². The van der Waals surface area contributed by atoms with Crippen molar-refractivity contribution >= 4 is 23.5 Å². The van der Waals surface area contributed by atoms with E-state index in [4.69, 9.17) is 4.84 Å². The predicted octanol–water partition coefficient (Wildman–Crippen LogP) is 5.50. The van der Waals surface area contributed by atoms with E-state index in [9.17, 15) is 0 Å². The zero-order valence-corrected chi connectivity index (χ0v) is 15.9. The van der Waals surface area contributed by atoms with E-state index in [0.29, 0.717) is 0 Å². The van der Waals surface area contributed by atoms with Gasteiger partial charge in [-0.25, -0.2) is 0 Å². The number of rotatable bonds is 7. The fraction of sp³-hybridized carbons (Fsp3) is 0.130. The largest absolute Gasteiger partial charge is 0.406 e. The highest BCUT2D eigenvalue weighted by Crippen LogP contribution is 2.21. The smallest absolute Gasteiger partial charge is 0.148 e. The summed E-state index contributed by atoms with van der Waals surface area (Å²) in [5.41, 5.74) is 3.69. The molecule has 136 valence electrons. The van der Waals surface area contributed by atoms with E-state index in [0.717, 1.165) is 30.2 Å². The summed E-state index contributed by atoms with van der Waals surface area (Å²) in [5.74, 6) is 0.803. The van der Waals surface area contributed by atoms with Crippen LogP contribution in [0.15, 0.2) is 90.0 Å². The zero-order valence-electron chi connectivity index (χ0n) is 15.0.